The van der Waals surface area contributed by atoms with Crippen LogP contribution in [0, 0.1) is 0 Å². The molecule has 2 aromatic rings. The van der Waals surface area contributed by atoms with E-state index in [4.69, 9.17) is 16.3 Å². The van der Waals surface area contributed by atoms with Gasteiger partial charge in [0.15, 0.2) is 0 Å². The molecule has 0 spiro atoms. The van der Waals surface area contributed by atoms with E-state index < -0.39 is 5.97 Å². The maximum atomic E-state index is 11.9. The molecule has 1 heterocycles. The monoisotopic (exact) mass is 262 g/mol. The Morgan fingerprint density at radius 3 is 2.72 bits per heavy atom. The Kier molecular flexibility index (Phi) is 3.89. The third-order valence-electron chi connectivity index (χ3n) is 2.35. The molecular formula is C13H11ClN2O2. The van der Waals surface area contributed by atoms with E-state index in [1.807, 2.05) is 0 Å². The normalized spacial score (nSPS) is 10.1. The van der Waals surface area contributed by atoms with Crippen LogP contribution in [0.2, 0.25) is 5.02 Å². The molecule has 0 aliphatic rings. The van der Waals surface area contributed by atoms with Gasteiger partial charge in [-0.3, -0.25) is 0 Å². The molecule has 1 aromatic carbocycles. The van der Waals surface area contributed by atoms with Crippen molar-refractivity contribution in [2.45, 2.75) is 6.92 Å². The zero-order valence-electron chi connectivity index (χ0n) is 9.76. The van der Waals surface area contributed by atoms with Crippen molar-refractivity contribution < 1.29 is 9.53 Å². The molecule has 92 valence electrons. The van der Waals surface area contributed by atoms with Crippen molar-refractivity contribution in [2.75, 3.05) is 6.61 Å². The average Bonchev–Trinajstić information content (AvgIpc) is 2.40. The number of hydrogen-bond donors (Lipinski definition) is 0. The van der Waals surface area contributed by atoms with Crippen LogP contribution >= 0.6 is 11.6 Å². The smallest absolute Gasteiger partial charge is 0.338 e. The summed E-state index contributed by atoms with van der Waals surface area (Å²) in [6, 6.07) is 5.06. The molecule has 18 heavy (non-hydrogen) atoms. The van der Waals surface area contributed by atoms with E-state index in [-0.39, 0.29) is 0 Å². The molecule has 0 aliphatic heterocycles. The Bertz CT molecular complexity index is 558. The number of rotatable bonds is 3. The van der Waals surface area contributed by atoms with Crippen molar-refractivity contribution in [3.8, 4) is 11.1 Å². The summed E-state index contributed by atoms with van der Waals surface area (Å²) in [7, 11) is 0. The van der Waals surface area contributed by atoms with Gasteiger partial charge >= 0.3 is 5.97 Å². The predicted octanol–water partition coefficient (Wildman–Crippen LogP) is 2.97. The molecule has 5 heteroatoms. The van der Waals surface area contributed by atoms with E-state index in [0.29, 0.717) is 22.8 Å². The molecule has 0 bridgehead atoms. The molecule has 0 fully saturated rings. The second-order valence-electron chi connectivity index (χ2n) is 3.54. The summed E-state index contributed by atoms with van der Waals surface area (Å²) in [6.45, 7) is 2.07. The molecule has 4 nitrogen and oxygen atoms in total. The molecule has 2 rings (SSSR count). The van der Waals surface area contributed by atoms with Gasteiger partial charge in [-0.25, -0.2) is 14.8 Å². The van der Waals surface area contributed by atoms with E-state index in [1.54, 1.807) is 37.5 Å². The van der Waals surface area contributed by atoms with Crippen LogP contribution in [-0.4, -0.2) is 22.5 Å². The first kappa shape index (κ1) is 12.5. The van der Waals surface area contributed by atoms with E-state index in [1.165, 1.54) is 6.33 Å². The van der Waals surface area contributed by atoms with Gasteiger partial charge < -0.3 is 4.74 Å². The minimum absolute atomic E-state index is 0.316. The number of carbonyl (C=O) groups is 1. The lowest BCUT2D eigenvalue weighted by atomic mass is 10.0. The number of ether oxygens (including phenoxy) is 1. The molecule has 0 amide bonds. The molecule has 0 aliphatic carbocycles. The van der Waals surface area contributed by atoms with Gasteiger partial charge in [-0.05, 0) is 24.6 Å². The third-order valence-corrected chi connectivity index (χ3v) is 2.58. The summed E-state index contributed by atoms with van der Waals surface area (Å²) in [5.74, 6) is -0.404. The van der Waals surface area contributed by atoms with Gasteiger partial charge in [0.1, 0.15) is 6.33 Å². The van der Waals surface area contributed by atoms with Crippen LogP contribution in [0.15, 0.2) is 36.9 Å². The topological polar surface area (TPSA) is 52.1 Å². The van der Waals surface area contributed by atoms with Crippen LogP contribution in [-0.2, 0) is 4.74 Å². The maximum Gasteiger partial charge on any atom is 0.338 e. The minimum Gasteiger partial charge on any atom is -0.462 e. The second-order valence-corrected chi connectivity index (χ2v) is 3.97. The van der Waals surface area contributed by atoms with Crippen LogP contribution in [0.3, 0.4) is 0 Å². The highest BCUT2D eigenvalue weighted by atomic mass is 35.5. The lowest BCUT2D eigenvalue weighted by Gasteiger charge is -2.08. The standard InChI is InChI=1S/C13H11ClN2O2/c1-2-18-13(17)12-5-10(14)3-4-11(12)9-6-15-8-16-7-9/h3-8H,2H2,1H3. The van der Waals surface area contributed by atoms with Crippen LogP contribution in [0.25, 0.3) is 11.1 Å². The van der Waals surface area contributed by atoms with Gasteiger partial charge in [-0.15, -0.1) is 0 Å². The Labute approximate surface area is 110 Å². The second kappa shape index (κ2) is 5.60. The van der Waals surface area contributed by atoms with Crippen LogP contribution in [0.4, 0.5) is 0 Å². The molecule has 0 N–H and O–H groups in total. The van der Waals surface area contributed by atoms with Gasteiger partial charge in [-0.2, -0.15) is 0 Å². The summed E-state index contributed by atoms with van der Waals surface area (Å²) < 4.78 is 5.01. The molecule has 1 aromatic heterocycles. The first-order valence-corrected chi connectivity index (χ1v) is 5.82. The average molecular weight is 263 g/mol. The SMILES string of the molecule is CCOC(=O)c1cc(Cl)ccc1-c1cncnc1. The van der Waals surface area contributed by atoms with E-state index in [2.05, 4.69) is 9.97 Å². The van der Waals surface area contributed by atoms with E-state index in [0.717, 1.165) is 5.56 Å². The van der Waals surface area contributed by atoms with Crippen molar-refractivity contribution in [1.29, 1.82) is 0 Å². The zero-order valence-corrected chi connectivity index (χ0v) is 10.5. The summed E-state index contributed by atoms with van der Waals surface area (Å²) in [5.41, 5.74) is 1.87. The van der Waals surface area contributed by atoms with Crippen LogP contribution in [0.1, 0.15) is 17.3 Å². The van der Waals surface area contributed by atoms with Crippen LogP contribution in [0.5, 0.6) is 0 Å². The van der Waals surface area contributed by atoms with Gasteiger partial charge in [0.2, 0.25) is 0 Å². The first-order valence-electron chi connectivity index (χ1n) is 5.44. The van der Waals surface area contributed by atoms with Gasteiger partial charge in [0, 0.05) is 23.0 Å². The highest BCUT2D eigenvalue weighted by molar-refractivity contribution is 6.31. The van der Waals surface area contributed by atoms with Crippen molar-refractivity contribution in [3.05, 3.63) is 47.5 Å². The molecule has 0 atom stereocenters. The molecule has 0 saturated heterocycles. The Balaban J connectivity index is 2.51. The summed E-state index contributed by atoms with van der Waals surface area (Å²) in [6.07, 6.45) is 4.71. The number of benzene rings is 1. The first-order chi connectivity index (χ1) is 8.72. The van der Waals surface area contributed by atoms with Crippen LogP contribution < -0.4 is 0 Å². The fourth-order valence-corrected chi connectivity index (χ4v) is 1.76. The van der Waals surface area contributed by atoms with Crippen molar-refractivity contribution in [3.63, 3.8) is 0 Å². The van der Waals surface area contributed by atoms with E-state index >= 15 is 0 Å². The molecule has 0 saturated carbocycles. The number of nitrogens with zero attached hydrogens (tertiary/aromatic N) is 2. The minimum atomic E-state index is -0.404. The highest BCUT2D eigenvalue weighted by Gasteiger charge is 2.14. The Hall–Kier alpha value is -1.94. The van der Waals surface area contributed by atoms with Gasteiger partial charge in [0.05, 0.1) is 12.2 Å². The summed E-state index contributed by atoms with van der Waals surface area (Å²) in [5, 5.41) is 0.485. The fourth-order valence-electron chi connectivity index (χ4n) is 1.58. The molecule has 0 unspecified atom stereocenters. The lowest BCUT2D eigenvalue weighted by Crippen LogP contribution is -2.06. The summed E-state index contributed by atoms with van der Waals surface area (Å²) >= 11 is 5.91. The van der Waals surface area contributed by atoms with Crippen molar-refractivity contribution >= 4 is 17.6 Å². The lowest BCUT2D eigenvalue weighted by molar-refractivity contribution is 0.0527. The van der Waals surface area contributed by atoms with Gasteiger partial charge in [0.25, 0.3) is 0 Å². The molecular weight excluding hydrogens is 252 g/mol. The predicted molar refractivity (Wildman–Crippen MR) is 68.4 cm³/mol. The third kappa shape index (κ3) is 2.65. The number of hydrogen-bond acceptors (Lipinski definition) is 4. The van der Waals surface area contributed by atoms with Gasteiger partial charge in [-0.1, -0.05) is 17.7 Å². The quantitative estimate of drug-likeness (QED) is 0.798. The fraction of sp³-hybridized carbons (Fsp3) is 0.154. The Morgan fingerprint density at radius 2 is 2.06 bits per heavy atom. The maximum absolute atomic E-state index is 11.9. The molecule has 0 radical (unpaired) electrons. The number of esters is 1. The Morgan fingerprint density at radius 1 is 1.33 bits per heavy atom. The number of aromatic nitrogens is 2. The zero-order chi connectivity index (χ0) is 13.0. The number of halogens is 1. The van der Waals surface area contributed by atoms with Crippen molar-refractivity contribution in [1.82, 2.24) is 9.97 Å². The number of carbonyl (C=O) groups excluding carboxylic acids is 1. The van der Waals surface area contributed by atoms with Crippen molar-refractivity contribution in [2.24, 2.45) is 0 Å². The van der Waals surface area contributed by atoms with E-state index in [9.17, 15) is 4.79 Å². The largest absolute Gasteiger partial charge is 0.462 e. The summed E-state index contributed by atoms with van der Waals surface area (Å²) in [4.78, 5) is 19.7. The highest BCUT2D eigenvalue weighted by Crippen LogP contribution is 2.26.